The van der Waals surface area contributed by atoms with Gasteiger partial charge < -0.3 is 15.4 Å². The summed E-state index contributed by atoms with van der Waals surface area (Å²) in [7, 11) is 1.62. The van der Waals surface area contributed by atoms with Crippen molar-refractivity contribution >= 4 is 11.9 Å². The highest BCUT2D eigenvalue weighted by molar-refractivity contribution is 5.93. The molecule has 0 fully saturated rings. The first-order chi connectivity index (χ1) is 13.7. The summed E-state index contributed by atoms with van der Waals surface area (Å²) in [4.78, 5) is 20.5. The quantitative estimate of drug-likeness (QED) is 0.628. The van der Waals surface area contributed by atoms with Crippen LogP contribution in [0.1, 0.15) is 21.5 Å². The molecule has 28 heavy (non-hydrogen) atoms. The molecule has 0 aliphatic carbocycles. The van der Waals surface area contributed by atoms with E-state index >= 15 is 0 Å². The molecular formula is C21H21FN4O2. The molecule has 1 aromatic heterocycles. The molecule has 3 rings (SSSR count). The van der Waals surface area contributed by atoms with Crippen molar-refractivity contribution < 1.29 is 13.9 Å². The Morgan fingerprint density at radius 3 is 2.43 bits per heavy atom. The number of carbonyl (C=O) groups excluding carboxylic acids is 1. The Hall–Kier alpha value is -3.48. The SMILES string of the molecule is COc1ccccc1CNc1ncc(C(=O)NCCc2ccccc2F)cn1. The Morgan fingerprint density at radius 1 is 1.04 bits per heavy atom. The summed E-state index contributed by atoms with van der Waals surface area (Å²) in [6, 6.07) is 14.2. The molecule has 0 saturated heterocycles. The number of carbonyl (C=O) groups is 1. The number of amides is 1. The molecule has 1 heterocycles. The number of para-hydroxylation sites is 1. The van der Waals surface area contributed by atoms with Gasteiger partial charge in [0.1, 0.15) is 11.6 Å². The fourth-order valence-electron chi connectivity index (χ4n) is 2.67. The van der Waals surface area contributed by atoms with Crippen LogP contribution in [0.2, 0.25) is 0 Å². The molecule has 144 valence electrons. The van der Waals surface area contributed by atoms with Gasteiger partial charge in [0.25, 0.3) is 5.91 Å². The third kappa shape index (κ3) is 5.03. The first-order valence-corrected chi connectivity index (χ1v) is 8.87. The maximum absolute atomic E-state index is 13.6. The molecule has 0 radical (unpaired) electrons. The number of hydrogen-bond donors (Lipinski definition) is 2. The van der Waals surface area contributed by atoms with Crippen LogP contribution in [0.4, 0.5) is 10.3 Å². The lowest BCUT2D eigenvalue weighted by Crippen LogP contribution is -2.26. The predicted molar refractivity (Wildman–Crippen MR) is 105 cm³/mol. The Morgan fingerprint density at radius 2 is 1.71 bits per heavy atom. The third-order valence-corrected chi connectivity index (χ3v) is 4.18. The highest BCUT2D eigenvalue weighted by atomic mass is 19.1. The van der Waals surface area contributed by atoms with Crippen molar-refractivity contribution in [3.05, 3.63) is 83.4 Å². The van der Waals surface area contributed by atoms with E-state index in [1.807, 2.05) is 24.3 Å². The molecule has 7 heteroatoms. The number of benzene rings is 2. The van der Waals surface area contributed by atoms with E-state index in [2.05, 4.69) is 20.6 Å². The van der Waals surface area contributed by atoms with Crippen LogP contribution in [0.25, 0.3) is 0 Å². The molecule has 0 unspecified atom stereocenters. The third-order valence-electron chi connectivity index (χ3n) is 4.18. The van der Waals surface area contributed by atoms with Crippen LogP contribution in [-0.4, -0.2) is 29.5 Å². The van der Waals surface area contributed by atoms with Crippen molar-refractivity contribution in [1.29, 1.82) is 0 Å². The lowest BCUT2D eigenvalue weighted by molar-refractivity contribution is 0.0953. The molecule has 1 amide bonds. The van der Waals surface area contributed by atoms with E-state index < -0.39 is 0 Å². The zero-order valence-corrected chi connectivity index (χ0v) is 15.5. The first kappa shape index (κ1) is 19.3. The van der Waals surface area contributed by atoms with Gasteiger partial charge in [-0.05, 0) is 24.1 Å². The molecule has 3 aromatic rings. The number of nitrogens with zero attached hydrogens (tertiary/aromatic N) is 2. The van der Waals surface area contributed by atoms with E-state index in [1.165, 1.54) is 18.5 Å². The van der Waals surface area contributed by atoms with Gasteiger partial charge in [-0.3, -0.25) is 4.79 Å². The van der Waals surface area contributed by atoms with Crippen molar-refractivity contribution in [3.63, 3.8) is 0 Å². The maximum atomic E-state index is 13.6. The van der Waals surface area contributed by atoms with Crippen molar-refractivity contribution in [2.24, 2.45) is 0 Å². The fourth-order valence-corrected chi connectivity index (χ4v) is 2.67. The van der Waals surface area contributed by atoms with Crippen LogP contribution in [0, 0.1) is 5.82 Å². The highest BCUT2D eigenvalue weighted by Gasteiger charge is 2.08. The number of rotatable bonds is 8. The van der Waals surface area contributed by atoms with Gasteiger partial charge in [0, 0.05) is 31.0 Å². The van der Waals surface area contributed by atoms with Gasteiger partial charge in [-0.2, -0.15) is 0 Å². The van der Waals surface area contributed by atoms with Crippen molar-refractivity contribution in [3.8, 4) is 5.75 Å². The monoisotopic (exact) mass is 380 g/mol. The second kappa shape index (κ2) is 9.45. The molecule has 2 N–H and O–H groups in total. The normalized spacial score (nSPS) is 10.4. The summed E-state index contributed by atoms with van der Waals surface area (Å²) in [6.07, 6.45) is 3.32. The maximum Gasteiger partial charge on any atom is 0.254 e. The molecular weight excluding hydrogens is 359 g/mol. The highest BCUT2D eigenvalue weighted by Crippen LogP contribution is 2.18. The number of halogens is 1. The van der Waals surface area contributed by atoms with Gasteiger partial charge >= 0.3 is 0 Å². The van der Waals surface area contributed by atoms with Crippen molar-refractivity contribution in [2.45, 2.75) is 13.0 Å². The van der Waals surface area contributed by atoms with E-state index in [0.29, 0.717) is 36.6 Å². The Kier molecular flexibility index (Phi) is 6.51. The average molecular weight is 380 g/mol. The summed E-state index contributed by atoms with van der Waals surface area (Å²) in [5.74, 6) is 0.618. The van der Waals surface area contributed by atoms with E-state index in [1.54, 1.807) is 25.3 Å². The summed E-state index contributed by atoms with van der Waals surface area (Å²) < 4.78 is 18.9. The Bertz CT molecular complexity index is 932. The van der Waals surface area contributed by atoms with Crippen molar-refractivity contribution in [2.75, 3.05) is 19.0 Å². The molecule has 0 bridgehead atoms. The summed E-state index contributed by atoms with van der Waals surface area (Å²) >= 11 is 0. The minimum atomic E-state index is -0.299. The molecule has 0 aliphatic rings. The number of aromatic nitrogens is 2. The van der Waals surface area contributed by atoms with Gasteiger partial charge in [0.15, 0.2) is 0 Å². The number of anilines is 1. The molecule has 0 atom stereocenters. The average Bonchev–Trinajstić information content (AvgIpc) is 2.74. The smallest absolute Gasteiger partial charge is 0.254 e. The second-order valence-electron chi connectivity index (χ2n) is 6.06. The number of ether oxygens (including phenoxy) is 1. The topological polar surface area (TPSA) is 76.1 Å². The van der Waals surface area contributed by atoms with Gasteiger partial charge in [-0.1, -0.05) is 36.4 Å². The van der Waals surface area contributed by atoms with Crippen LogP contribution in [0.3, 0.4) is 0 Å². The zero-order valence-electron chi connectivity index (χ0n) is 15.5. The standard InChI is InChI=1S/C21H21FN4O2/c1-28-19-9-5-3-7-16(19)12-24-21-25-13-17(14-26-21)20(27)23-11-10-15-6-2-4-8-18(15)22/h2-9,13-14H,10-12H2,1H3,(H,23,27)(H,24,25,26). The van der Waals surface area contributed by atoms with Gasteiger partial charge in [0.2, 0.25) is 5.95 Å². The second-order valence-corrected chi connectivity index (χ2v) is 6.06. The number of methoxy groups -OCH3 is 1. The van der Waals surface area contributed by atoms with E-state index in [9.17, 15) is 9.18 Å². The fraction of sp³-hybridized carbons (Fsp3) is 0.190. The van der Waals surface area contributed by atoms with Crippen LogP contribution >= 0.6 is 0 Å². The largest absolute Gasteiger partial charge is 0.496 e. The molecule has 0 spiro atoms. The van der Waals surface area contributed by atoms with Crippen LogP contribution in [0.15, 0.2) is 60.9 Å². The summed E-state index contributed by atoms with van der Waals surface area (Å²) in [5, 5.41) is 5.84. The van der Waals surface area contributed by atoms with E-state index in [-0.39, 0.29) is 11.7 Å². The predicted octanol–water partition coefficient (Wildman–Crippen LogP) is 3.21. The first-order valence-electron chi connectivity index (χ1n) is 8.87. The van der Waals surface area contributed by atoms with Gasteiger partial charge in [-0.15, -0.1) is 0 Å². The molecule has 6 nitrogen and oxygen atoms in total. The lowest BCUT2D eigenvalue weighted by Gasteiger charge is -2.09. The van der Waals surface area contributed by atoms with E-state index in [0.717, 1.165) is 11.3 Å². The number of nitrogens with one attached hydrogen (secondary N) is 2. The minimum Gasteiger partial charge on any atom is -0.496 e. The van der Waals surface area contributed by atoms with Crippen LogP contribution in [0.5, 0.6) is 5.75 Å². The van der Waals surface area contributed by atoms with E-state index in [4.69, 9.17) is 4.74 Å². The van der Waals surface area contributed by atoms with Gasteiger partial charge in [-0.25, -0.2) is 14.4 Å². The molecule has 0 aliphatic heterocycles. The minimum absolute atomic E-state index is 0.273. The summed E-state index contributed by atoms with van der Waals surface area (Å²) in [5.41, 5.74) is 1.88. The number of hydrogen-bond acceptors (Lipinski definition) is 5. The lowest BCUT2D eigenvalue weighted by atomic mass is 10.1. The van der Waals surface area contributed by atoms with Crippen molar-refractivity contribution in [1.82, 2.24) is 15.3 Å². The Balaban J connectivity index is 1.50. The zero-order chi connectivity index (χ0) is 19.8. The Labute approximate surface area is 162 Å². The van der Waals surface area contributed by atoms with Crippen LogP contribution < -0.4 is 15.4 Å². The van der Waals surface area contributed by atoms with Crippen LogP contribution in [-0.2, 0) is 13.0 Å². The summed E-state index contributed by atoms with van der Waals surface area (Å²) in [6.45, 7) is 0.825. The van der Waals surface area contributed by atoms with Gasteiger partial charge in [0.05, 0.1) is 12.7 Å². The molecule has 0 saturated carbocycles. The molecule has 2 aromatic carbocycles.